The number of aryl methyl sites for hydroxylation is 1. The third-order valence-corrected chi connectivity index (χ3v) is 2.54. The lowest BCUT2D eigenvalue weighted by molar-refractivity contribution is 0.389. The van der Waals surface area contributed by atoms with Crippen LogP contribution < -0.4 is 9.47 Å². The topological polar surface area (TPSA) is 58.6 Å². The molecule has 0 amide bonds. The molecule has 0 saturated carbocycles. The van der Waals surface area contributed by atoms with Crippen LogP contribution in [0.4, 0.5) is 0 Å². The van der Waals surface area contributed by atoms with Gasteiger partial charge in [0.1, 0.15) is 11.5 Å². The second kappa shape index (κ2) is 4.43. The molecule has 0 aromatic heterocycles. The van der Waals surface area contributed by atoms with Crippen LogP contribution in [0, 0.1) is 6.92 Å². The molecule has 0 N–H and O–H groups in total. The van der Waals surface area contributed by atoms with Crippen LogP contribution >= 0.6 is 0 Å². The highest BCUT2D eigenvalue weighted by Gasteiger charge is 2.08. The molecule has 0 saturated heterocycles. The molecular weight excluding hydrogens is 204 g/mol. The van der Waals surface area contributed by atoms with E-state index in [2.05, 4.69) is 0 Å². The average molecular weight is 215 g/mol. The van der Waals surface area contributed by atoms with Gasteiger partial charge in [-0.3, -0.25) is 4.21 Å². The first-order chi connectivity index (χ1) is 6.60. The highest BCUT2D eigenvalue weighted by atomic mass is 32.2. The Morgan fingerprint density at radius 2 is 1.79 bits per heavy atom. The highest BCUT2D eigenvalue weighted by Crippen LogP contribution is 2.29. The first-order valence-corrected chi connectivity index (χ1v) is 4.99. The largest absolute Gasteiger partial charge is 0.768 e. The standard InChI is InChI=1S/C9H12O4S/c1-6-4-8(13-3)9(14(10)11)5-7(6)12-2/h4-5H,1-3H3,(H,10,11)/p-1. The Hall–Kier alpha value is -1.07. The van der Waals surface area contributed by atoms with E-state index in [0.717, 1.165) is 5.56 Å². The Labute approximate surface area is 85.1 Å². The third-order valence-electron chi connectivity index (χ3n) is 1.86. The van der Waals surface area contributed by atoms with E-state index in [1.54, 1.807) is 6.07 Å². The van der Waals surface area contributed by atoms with E-state index in [-0.39, 0.29) is 4.90 Å². The molecule has 1 aromatic carbocycles. The molecule has 0 aliphatic carbocycles. The van der Waals surface area contributed by atoms with Gasteiger partial charge in [0.25, 0.3) is 0 Å². The Kier molecular flexibility index (Phi) is 3.49. The van der Waals surface area contributed by atoms with Crippen LogP contribution in [0.3, 0.4) is 0 Å². The summed E-state index contributed by atoms with van der Waals surface area (Å²) in [7, 11) is 2.92. The van der Waals surface area contributed by atoms with Crippen molar-refractivity contribution in [2.75, 3.05) is 14.2 Å². The van der Waals surface area contributed by atoms with Crippen molar-refractivity contribution < 1.29 is 18.2 Å². The van der Waals surface area contributed by atoms with E-state index < -0.39 is 11.1 Å². The van der Waals surface area contributed by atoms with Crippen LogP contribution in [0.25, 0.3) is 0 Å². The van der Waals surface area contributed by atoms with Gasteiger partial charge < -0.3 is 14.0 Å². The van der Waals surface area contributed by atoms with E-state index in [1.807, 2.05) is 6.92 Å². The number of hydrogen-bond acceptors (Lipinski definition) is 4. The normalized spacial score (nSPS) is 12.3. The van der Waals surface area contributed by atoms with Gasteiger partial charge in [-0.1, -0.05) is 0 Å². The second-order valence-corrected chi connectivity index (χ2v) is 3.62. The quantitative estimate of drug-likeness (QED) is 0.712. The minimum Gasteiger partial charge on any atom is -0.768 e. The minimum atomic E-state index is -2.32. The molecule has 1 rings (SSSR count). The molecule has 0 fully saturated rings. The zero-order valence-electron chi connectivity index (χ0n) is 8.20. The molecule has 0 aliphatic rings. The van der Waals surface area contributed by atoms with Crippen molar-refractivity contribution in [2.24, 2.45) is 0 Å². The van der Waals surface area contributed by atoms with Gasteiger partial charge in [0.15, 0.2) is 0 Å². The molecule has 1 aromatic rings. The summed E-state index contributed by atoms with van der Waals surface area (Å²) in [6.07, 6.45) is 0. The van der Waals surface area contributed by atoms with E-state index >= 15 is 0 Å². The molecule has 0 aliphatic heterocycles. The fourth-order valence-corrected chi connectivity index (χ4v) is 1.66. The van der Waals surface area contributed by atoms with Crippen molar-refractivity contribution in [1.29, 1.82) is 0 Å². The van der Waals surface area contributed by atoms with E-state index in [4.69, 9.17) is 9.47 Å². The highest BCUT2D eigenvalue weighted by molar-refractivity contribution is 7.79. The van der Waals surface area contributed by atoms with Crippen molar-refractivity contribution in [2.45, 2.75) is 11.8 Å². The van der Waals surface area contributed by atoms with Crippen LogP contribution in [0.1, 0.15) is 5.56 Å². The van der Waals surface area contributed by atoms with Gasteiger partial charge in [0.05, 0.1) is 19.1 Å². The number of hydrogen-bond donors (Lipinski definition) is 0. The molecule has 0 spiro atoms. The maximum absolute atomic E-state index is 10.8. The monoisotopic (exact) mass is 215 g/mol. The SMILES string of the molecule is COc1cc(S(=O)[O-])c(OC)cc1C. The number of benzene rings is 1. The molecule has 1 unspecified atom stereocenters. The summed E-state index contributed by atoms with van der Waals surface area (Å²) in [5.74, 6) is 0.863. The summed E-state index contributed by atoms with van der Waals surface area (Å²) in [5, 5.41) is 0. The van der Waals surface area contributed by atoms with Crippen LogP contribution in [0.5, 0.6) is 11.5 Å². The summed E-state index contributed by atoms with van der Waals surface area (Å²) < 4.78 is 31.6. The molecule has 4 nitrogen and oxygen atoms in total. The van der Waals surface area contributed by atoms with Gasteiger partial charge in [-0.05, 0) is 35.7 Å². The summed E-state index contributed by atoms with van der Waals surface area (Å²) in [5.41, 5.74) is 0.832. The minimum absolute atomic E-state index is 0.106. The van der Waals surface area contributed by atoms with Gasteiger partial charge in [-0.15, -0.1) is 0 Å². The second-order valence-electron chi connectivity index (χ2n) is 2.71. The van der Waals surface area contributed by atoms with Gasteiger partial charge in [0.2, 0.25) is 0 Å². The van der Waals surface area contributed by atoms with Gasteiger partial charge in [-0.2, -0.15) is 0 Å². The summed E-state index contributed by atoms with van der Waals surface area (Å²) >= 11 is -2.32. The molecular formula is C9H11O4S-. The molecule has 0 heterocycles. The van der Waals surface area contributed by atoms with Crippen molar-refractivity contribution in [3.05, 3.63) is 17.7 Å². The van der Waals surface area contributed by atoms with E-state index in [9.17, 15) is 8.76 Å². The number of ether oxygens (including phenoxy) is 2. The van der Waals surface area contributed by atoms with Crippen LogP contribution in [-0.2, 0) is 11.1 Å². The summed E-state index contributed by atoms with van der Waals surface area (Å²) in [4.78, 5) is 0.106. The zero-order chi connectivity index (χ0) is 10.7. The third kappa shape index (κ3) is 2.05. The maximum atomic E-state index is 10.8. The Morgan fingerprint density at radius 3 is 2.21 bits per heavy atom. The first-order valence-electron chi connectivity index (χ1n) is 3.92. The molecule has 78 valence electrons. The van der Waals surface area contributed by atoms with E-state index in [1.165, 1.54) is 20.3 Å². The number of methoxy groups -OCH3 is 2. The van der Waals surface area contributed by atoms with Crippen molar-refractivity contribution in [1.82, 2.24) is 0 Å². The molecule has 5 heteroatoms. The molecule has 1 atom stereocenters. The van der Waals surface area contributed by atoms with Gasteiger partial charge >= 0.3 is 0 Å². The summed E-state index contributed by atoms with van der Waals surface area (Å²) in [6, 6.07) is 3.07. The van der Waals surface area contributed by atoms with E-state index in [0.29, 0.717) is 11.5 Å². The van der Waals surface area contributed by atoms with Gasteiger partial charge in [-0.25, -0.2) is 0 Å². The molecule has 0 bridgehead atoms. The molecule has 0 radical (unpaired) electrons. The lowest BCUT2D eigenvalue weighted by Gasteiger charge is -2.14. The Balaban J connectivity index is 3.32. The lowest BCUT2D eigenvalue weighted by Crippen LogP contribution is -1.97. The Bertz CT molecular complexity index is 362. The maximum Gasteiger partial charge on any atom is 0.134 e. The zero-order valence-corrected chi connectivity index (χ0v) is 9.01. The summed E-state index contributed by atoms with van der Waals surface area (Å²) in [6.45, 7) is 1.82. The lowest BCUT2D eigenvalue weighted by atomic mass is 10.2. The Morgan fingerprint density at radius 1 is 1.21 bits per heavy atom. The molecule has 14 heavy (non-hydrogen) atoms. The van der Waals surface area contributed by atoms with Crippen LogP contribution in [0.15, 0.2) is 17.0 Å². The van der Waals surface area contributed by atoms with Gasteiger partial charge in [0, 0.05) is 0 Å². The predicted molar refractivity (Wildman–Crippen MR) is 51.5 cm³/mol. The van der Waals surface area contributed by atoms with Crippen molar-refractivity contribution in [3.8, 4) is 11.5 Å². The van der Waals surface area contributed by atoms with Crippen LogP contribution in [-0.4, -0.2) is 23.0 Å². The predicted octanol–water partition coefficient (Wildman–Crippen LogP) is 1.25. The fourth-order valence-electron chi connectivity index (χ4n) is 1.15. The smallest absolute Gasteiger partial charge is 0.134 e. The fraction of sp³-hybridized carbons (Fsp3) is 0.333. The van der Waals surface area contributed by atoms with Crippen LogP contribution in [0.2, 0.25) is 0 Å². The average Bonchev–Trinajstić information content (AvgIpc) is 2.16. The number of rotatable bonds is 3. The first kappa shape index (κ1) is 11.0. The van der Waals surface area contributed by atoms with Crippen molar-refractivity contribution >= 4 is 11.1 Å². The van der Waals surface area contributed by atoms with Crippen molar-refractivity contribution in [3.63, 3.8) is 0 Å².